The van der Waals surface area contributed by atoms with Crippen LogP contribution < -0.4 is 10.1 Å². The average molecular weight is 1620 g/mol. The maximum atomic E-state index is 11.7. The Morgan fingerprint density at radius 1 is 0.315 bits per heavy atom. The molecule has 1 amide bonds. The van der Waals surface area contributed by atoms with E-state index in [9.17, 15) is 15.0 Å². The number of H-pyrrole nitrogens is 6. The van der Waals surface area contributed by atoms with Crippen LogP contribution in [0.25, 0.3) is 176 Å². The van der Waals surface area contributed by atoms with E-state index in [-0.39, 0.29) is 17.4 Å². The van der Waals surface area contributed by atoms with E-state index >= 15 is 0 Å². The van der Waals surface area contributed by atoms with E-state index < -0.39 is 0 Å². The standard InChI is InChI=1S/C22H18N4O.C22H18N4.C21H17N5.C18H13N3O2.C18H13N3O/c27-20-10-12-5-6-13(9-19(12)24-20)22-15-4-2-1-3-14(15)21-16-11-23-26-17(16)7-8-18(21)25-22;1-2-4-17-16(3-1)21-18-12-24-26-19(18)7-8-20(21)25-22(17)13-5-6-14-10-23-11-15(14)9-13;1-2-4-15-14(3-1)20-16-11-23-25-17(16)7-8-18(20)24-21(15)12-5-6-13-10-22-26-19(13)9-12;22-11-3-1-10(2-4-11)17-12-7-8-23-18(12)16-13-9-19-21-14(13)5-6-15(16)20-17;22-11-3-1-10(2-4-11)18-13-6-5-12(13)17-14-9-19-21-15(14)7-8-16(17)20-18/h5-9,11H,1-4,10H2,(H,23,26)(H,24,27);5-9,11-12H,1-4,10H2,(H,24,26);5-11H,1-4H2,(H,22,26)(H,23,25);1-6,9,22H,7-8H2,(H,19,21);1-4,7-9,22H,5-6H2,(H,19,21). The number of hydrogen-bond donors (Lipinski definition) is 9. The molecule has 0 fully saturated rings. The van der Waals surface area contributed by atoms with Gasteiger partial charge in [-0.3, -0.25) is 40.4 Å². The number of anilines is 1. The van der Waals surface area contributed by atoms with Crippen LogP contribution >= 0.6 is 0 Å². The number of phenolic OH excluding ortho intramolecular Hbond substituents is 2. The molecular weight excluding hydrogens is 1540 g/mol. The molecule has 9 N–H and O–H groups in total. The molecule has 4 aliphatic carbocycles. The highest BCUT2D eigenvalue weighted by Gasteiger charge is 2.30. The Kier molecular flexibility index (Phi) is 17.3. The lowest BCUT2D eigenvalue weighted by molar-refractivity contribution is -0.115. The molecule has 0 atom stereocenters. The Balaban J connectivity index is 0.0000000873. The van der Waals surface area contributed by atoms with Crippen LogP contribution in [0.4, 0.5) is 5.69 Å². The minimum atomic E-state index is 0.0676. The fourth-order valence-corrected chi connectivity index (χ4v) is 20.2. The molecule has 28 rings (SSSR count). The third-order valence-electron chi connectivity index (χ3n) is 26.2. The number of aromatic nitrogens is 17. The molecule has 124 heavy (non-hydrogen) atoms. The molecular formula is C101H79N19O4. The van der Waals surface area contributed by atoms with E-state index in [1.54, 1.807) is 24.3 Å². The van der Waals surface area contributed by atoms with Gasteiger partial charge in [0, 0.05) is 106 Å². The molecule has 0 spiro atoms. The number of aromatic hydroxyl groups is 2. The van der Waals surface area contributed by atoms with Crippen LogP contribution in [0, 0.1) is 0 Å². The lowest BCUT2D eigenvalue weighted by Crippen LogP contribution is -2.12. The van der Waals surface area contributed by atoms with Gasteiger partial charge in [-0.2, -0.15) is 30.6 Å². The second-order valence-electron chi connectivity index (χ2n) is 33.4. The number of phenols is 2. The molecule has 11 aromatic heterocycles. The third kappa shape index (κ3) is 12.3. The number of aromatic amines is 6. The van der Waals surface area contributed by atoms with Crippen molar-refractivity contribution in [1.29, 1.82) is 0 Å². The van der Waals surface area contributed by atoms with Gasteiger partial charge in [0.1, 0.15) is 17.2 Å². The Morgan fingerprint density at radius 3 is 1.15 bits per heavy atom. The number of pyridine rings is 5. The topological polar surface area (TPSA) is 328 Å². The summed E-state index contributed by atoms with van der Waals surface area (Å²) in [7, 11) is 0. The largest absolute Gasteiger partial charge is 0.508 e. The monoisotopic (exact) mass is 1620 g/mol. The van der Waals surface area contributed by atoms with Crippen molar-refractivity contribution in [2.24, 2.45) is 4.99 Å². The lowest BCUT2D eigenvalue weighted by atomic mass is 9.82. The number of aryl methyl sites for hydroxylation is 4. The first kappa shape index (κ1) is 72.6. The van der Waals surface area contributed by atoms with E-state index in [4.69, 9.17) is 29.7 Å². The van der Waals surface area contributed by atoms with Gasteiger partial charge in [0.25, 0.3) is 0 Å². The van der Waals surface area contributed by atoms with Gasteiger partial charge in [-0.25, -0.2) is 24.9 Å². The number of nitrogens with one attached hydrogen (secondary N) is 7. The second kappa shape index (κ2) is 29.5. The number of benzene rings is 10. The van der Waals surface area contributed by atoms with Crippen molar-refractivity contribution >= 4 is 138 Å². The van der Waals surface area contributed by atoms with E-state index in [1.807, 2.05) is 85.9 Å². The van der Waals surface area contributed by atoms with Gasteiger partial charge < -0.3 is 20.3 Å². The Bertz CT molecular complexity index is 8030. The maximum Gasteiger partial charge on any atom is 0.228 e. The number of rotatable bonds is 5. The van der Waals surface area contributed by atoms with Crippen LogP contribution in [0.5, 0.6) is 17.2 Å². The SMILES string of the molecule is C1=NCc2ccc(-c3nc4ccc5[nH]ncc5c4c4c3CCCC4)cc21.O=C1Cc2ccc(-c3nc4ccc5[nH]ncc5c4c4c3CCCC4)cc2N1.Oc1ccc(-c2nc3ccc4[nH]ncc4c3c3c2CC3)cc1.Oc1ccc(-c2nc3ccc4[nH]ncc4c3c3c2CCO3)cc1.c1cc2cn[nH]c2cc1-c1nc2ccc3[nH]ncc3c2c2c1CCCC2. The van der Waals surface area contributed by atoms with E-state index in [0.29, 0.717) is 13.0 Å². The fraction of sp³-hybridized carbons (Fsp3) is 0.178. The third-order valence-corrected chi connectivity index (χ3v) is 26.2. The zero-order valence-corrected chi connectivity index (χ0v) is 67.4. The van der Waals surface area contributed by atoms with Gasteiger partial charge in [-0.1, -0.05) is 36.4 Å². The summed E-state index contributed by atoms with van der Waals surface area (Å²) in [5, 5.41) is 78.4. The summed E-state index contributed by atoms with van der Waals surface area (Å²) in [4.78, 5) is 41.2. The number of fused-ring (bicyclic) bond motifs is 28. The van der Waals surface area contributed by atoms with Crippen LogP contribution in [-0.4, -0.2) is 115 Å². The molecule has 10 aromatic carbocycles. The van der Waals surface area contributed by atoms with Crippen molar-refractivity contribution in [1.82, 2.24) is 86.1 Å². The van der Waals surface area contributed by atoms with Gasteiger partial charge in [-0.15, -0.1) is 0 Å². The molecule has 0 unspecified atom stereocenters. The lowest BCUT2D eigenvalue weighted by Gasteiger charge is -2.24. The minimum Gasteiger partial charge on any atom is -0.508 e. The van der Waals surface area contributed by atoms with E-state index in [0.717, 1.165) is 225 Å². The van der Waals surface area contributed by atoms with Gasteiger partial charge in [0.15, 0.2) is 0 Å². The molecule has 602 valence electrons. The summed E-state index contributed by atoms with van der Waals surface area (Å²) in [5.41, 5.74) is 39.1. The Morgan fingerprint density at radius 2 is 0.677 bits per heavy atom. The molecule has 7 aliphatic rings. The number of carbonyl (C=O) groups is 1. The quantitative estimate of drug-likeness (QED) is 0.0773. The average Bonchev–Trinajstić information content (AvgIpc) is 1.14. The highest BCUT2D eigenvalue weighted by Crippen LogP contribution is 2.47. The van der Waals surface area contributed by atoms with E-state index in [1.165, 1.54) is 132 Å². The summed E-state index contributed by atoms with van der Waals surface area (Å²) in [6.45, 7) is 1.47. The van der Waals surface area contributed by atoms with Gasteiger partial charge in [0.05, 0.1) is 151 Å². The summed E-state index contributed by atoms with van der Waals surface area (Å²) < 4.78 is 5.94. The molecule has 14 heterocycles. The van der Waals surface area contributed by atoms with Crippen molar-refractivity contribution in [2.75, 3.05) is 11.9 Å². The highest BCUT2D eigenvalue weighted by atomic mass is 16.5. The summed E-state index contributed by atoms with van der Waals surface area (Å²) in [6.07, 6.45) is 30.7. The summed E-state index contributed by atoms with van der Waals surface area (Å²) in [5.74, 6) is 1.51. The van der Waals surface area contributed by atoms with Crippen LogP contribution in [0.15, 0.2) is 206 Å². The highest BCUT2D eigenvalue weighted by molar-refractivity contribution is 6.13. The number of carbonyl (C=O) groups excluding carboxylic acids is 1. The predicted octanol–water partition coefficient (Wildman–Crippen LogP) is 20.3. The minimum absolute atomic E-state index is 0.0676. The number of nitrogens with zero attached hydrogens (tertiary/aromatic N) is 12. The van der Waals surface area contributed by atoms with Crippen LogP contribution in [0.3, 0.4) is 0 Å². The number of amides is 1. The first-order chi connectivity index (χ1) is 61.2. The Hall–Kier alpha value is -15.4. The maximum absolute atomic E-state index is 11.7. The smallest absolute Gasteiger partial charge is 0.228 e. The zero-order chi connectivity index (χ0) is 82.2. The van der Waals surface area contributed by atoms with Crippen molar-refractivity contribution in [3.8, 4) is 73.5 Å². The van der Waals surface area contributed by atoms with Gasteiger partial charge in [-0.05, 0) is 278 Å². The van der Waals surface area contributed by atoms with Crippen molar-refractivity contribution in [3.05, 3.63) is 268 Å². The molecule has 0 bridgehead atoms. The molecule has 3 aliphatic heterocycles. The first-order valence-electron chi connectivity index (χ1n) is 42.8. The number of aliphatic imine (C=N–C) groups is 1. The van der Waals surface area contributed by atoms with Crippen molar-refractivity contribution < 1.29 is 19.7 Å². The van der Waals surface area contributed by atoms with E-state index in [2.05, 4.69) is 169 Å². The molecule has 21 aromatic rings. The predicted molar refractivity (Wildman–Crippen MR) is 487 cm³/mol. The van der Waals surface area contributed by atoms with Crippen molar-refractivity contribution in [2.45, 2.75) is 109 Å². The van der Waals surface area contributed by atoms with Gasteiger partial charge >= 0.3 is 0 Å². The van der Waals surface area contributed by atoms with Crippen LogP contribution in [-0.2, 0) is 75.5 Å². The summed E-state index contributed by atoms with van der Waals surface area (Å²) >= 11 is 0. The normalized spacial score (nSPS) is 14.5. The molecule has 0 saturated heterocycles. The van der Waals surface area contributed by atoms with Crippen LogP contribution in [0.1, 0.15) is 105 Å². The van der Waals surface area contributed by atoms with Crippen molar-refractivity contribution in [3.63, 3.8) is 0 Å². The first-order valence-corrected chi connectivity index (χ1v) is 42.8. The van der Waals surface area contributed by atoms with Crippen LogP contribution in [0.2, 0.25) is 0 Å². The number of ether oxygens (including phenoxy) is 1. The molecule has 0 radical (unpaired) electrons. The molecule has 0 saturated carbocycles. The second-order valence-corrected chi connectivity index (χ2v) is 33.4. The molecule has 23 nitrogen and oxygen atoms in total. The molecule has 23 heteroatoms. The fourth-order valence-electron chi connectivity index (χ4n) is 20.2. The zero-order valence-electron chi connectivity index (χ0n) is 67.4. The Labute approximate surface area is 707 Å². The van der Waals surface area contributed by atoms with Gasteiger partial charge in [0.2, 0.25) is 5.91 Å². The summed E-state index contributed by atoms with van der Waals surface area (Å²) in [6, 6.07) is 54.4. The number of hydrogen-bond acceptors (Lipinski definition) is 16.